The third-order valence-electron chi connectivity index (χ3n) is 2.37. The molecule has 2 rings (SSSR count). The predicted octanol–water partition coefficient (Wildman–Crippen LogP) is 1.28. The van der Waals surface area contributed by atoms with E-state index in [1.807, 2.05) is 12.3 Å². The van der Waals surface area contributed by atoms with Crippen molar-refractivity contribution in [3.8, 4) is 5.69 Å². The minimum Gasteiger partial charge on any atom is -0.330 e. The highest BCUT2D eigenvalue weighted by atomic mass is 16.6. The molecule has 1 aromatic heterocycles. The molecule has 0 atom stereocenters. The highest BCUT2D eigenvalue weighted by Gasteiger charge is 2.05. The summed E-state index contributed by atoms with van der Waals surface area (Å²) < 4.78 is 1.68. The number of non-ortho nitro benzene ring substituents is 1. The van der Waals surface area contributed by atoms with Crippen molar-refractivity contribution in [2.24, 2.45) is 5.73 Å². The maximum atomic E-state index is 10.5. The van der Waals surface area contributed by atoms with Gasteiger partial charge in [0.1, 0.15) is 0 Å². The van der Waals surface area contributed by atoms with Gasteiger partial charge in [-0.2, -0.15) is 5.10 Å². The van der Waals surface area contributed by atoms with Crippen molar-refractivity contribution in [2.75, 3.05) is 6.54 Å². The standard InChI is InChI=1S/C11H12N4O2/c12-7-5-9-6-8-14(13-9)10-1-3-11(4-2-10)15(16)17/h1-4,6,8H,5,7,12H2. The highest BCUT2D eigenvalue weighted by Crippen LogP contribution is 2.14. The third kappa shape index (κ3) is 2.48. The Kier molecular flexibility index (Phi) is 3.15. The summed E-state index contributed by atoms with van der Waals surface area (Å²) in [5.74, 6) is 0. The van der Waals surface area contributed by atoms with Crippen LogP contribution in [0.3, 0.4) is 0 Å². The molecule has 6 heteroatoms. The van der Waals surface area contributed by atoms with E-state index < -0.39 is 4.92 Å². The fraction of sp³-hybridized carbons (Fsp3) is 0.182. The van der Waals surface area contributed by atoms with Crippen molar-refractivity contribution in [2.45, 2.75) is 6.42 Å². The second kappa shape index (κ2) is 4.75. The van der Waals surface area contributed by atoms with Gasteiger partial charge in [0.2, 0.25) is 0 Å². The number of benzene rings is 1. The lowest BCUT2D eigenvalue weighted by Crippen LogP contribution is -2.04. The summed E-state index contributed by atoms with van der Waals surface area (Å²) in [6, 6.07) is 8.13. The molecule has 2 N–H and O–H groups in total. The number of hydrogen-bond donors (Lipinski definition) is 1. The van der Waals surface area contributed by atoms with Gasteiger partial charge in [0.05, 0.1) is 16.3 Å². The lowest BCUT2D eigenvalue weighted by atomic mass is 10.3. The summed E-state index contributed by atoms with van der Waals surface area (Å²) in [6.45, 7) is 0.553. The SMILES string of the molecule is NCCc1ccn(-c2ccc([N+](=O)[O-])cc2)n1. The monoisotopic (exact) mass is 232 g/mol. The van der Waals surface area contributed by atoms with Gasteiger partial charge in [0.15, 0.2) is 0 Å². The molecule has 2 aromatic rings. The van der Waals surface area contributed by atoms with E-state index in [0.29, 0.717) is 6.54 Å². The van der Waals surface area contributed by atoms with Crippen molar-refractivity contribution in [1.29, 1.82) is 0 Å². The van der Waals surface area contributed by atoms with Crippen LogP contribution in [0.15, 0.2) is 36.5 Å². The number of rotatable bonds is 4. The van der Waals surface area contributed by atoms with Crippen LogP contribution >= 0.6 is 0 Å². The molecular formula is C11H12N4O2. The normalized spacial score (nSPS) is 10.4. The van der Waals surface area contributed by atoms with Crippen LogP contribution in [0.2, 0.25) is 0 Å². The largest absolute Gasteiger partial charge is 0.330 e. The van der Waals surface area contributed by atoms with E-state index in [1.54, 1.807) is 16.8 Å². The molecule has 17 heavy (non-hydrogen) atoms. The van der Waals surface area contributed by atoms with E-state index in [1.165, 1.54) is 12.1 Å². The summed E-state index contributed by atoms with van der Waals surface area (Å²) in [6.07, 6.45) is 2.53. The average molecular weight is 232 g/mol. The Bertz CT molecular complexity index is 519. The highest BCUT2D eigenvalue weighted by molar-refractivity contribution is 5.40. The molecule has 0 saturated carbocycles. The molecule has 0 spiro atoms. The quantitative estimate of drug-likeness (QED) is 0.635. The first-order valence-electron chi connectivity index (χ1n) is 5.20. The molecular weight excluding hydrogens is 220 g/mol. The van der Waals surface area contributed by atoms with E-state index in [2.05, 4.69) is 5.10 Å². The zero-order valence-electron chi connectivity index (χ0n) is 9.11. The van der Waals surface area contributed by atoms with Gasteiger partial charge in [-0.3, -0.25) is 10.1 Å². The van der Waals surface area contributed by atoms with Gasteiger partial charge in [0.25, 0.3) is 5.69 Å². The van der Waals surface area contributed by atoms with Gasteiger partial charge in [-0.15, -0.1) is 0 Å². The van der Waals surface area contributed by atoms with Gasteiger partial charge in [-0.1, -0.05) is 0 Å². The number of hydrogen-bond acceptors (Lipinski definition) is 4. The second-order valence-corrected chi connectivity index (χ2v) is 3.56. The molecule has 1 heterocycles. The van der Waals surface area contributed by atoms with Crippen LogP contribution in [0.4, 0.5) is 5.69 Å². The Morgan fingerprint density at radius 1 is 1.29 bits per heavy atom. The molecule has 0 bridgehead atoms. The lowest BCUT2D eigenvalue weighted by Gasteiger charge is -2.00. The average Bonchev–Trinajstić information content (AvgIpc) is 2.78. The summed E-state index contributed by atoms with van der Waals surface area (Å²) >= 11 is 0. The summed E-state index contributed by atoms with van der Waals surface area (Å²) in [5, 5.41) is 14.8. The number of aromatic nitrogens is 2. The number of nitrogens with two attached hydrogens (primary N) is 1. The Balaban J connectivity index is 2.23. The molecule has 88 valence electrons. The van der Waals surface area contributed by atoms with Crippen LogP contribution < -0.4 is 5.73 Å². The zero-order chi connectivity index (χ0) is 12.3. The van der Waals surface area contributed by atoms with Crippen molar-refractivity contribution in [3.05, 3.63) is 52.3 Å². The van der Waals surface area contributed by atoms with E-state index in [9.17, 15) is 10.1 Å². The molecule has 0 saturated heterocycles. The Morgan fingerprint density at radius 3 is 2.59 bits per heavy atom. The van der Waals surface area contributed by atoms with E-state index in [4.69, 9.17) is 5.73 Å². The zero-order valence-corrected chi connectivity index (χ0v) is 9.11. The van der Waals surface area contributed by atoms with Crippen LogP contribution in [-0.4, -0.2) is 21.2 Å². The van der Waals surface area contributed by atoms with Crippen LogP contribution in [0, 0.1) is 10.1 Å². The molecule has 0 unspecified atom stereocenters. The Labute approximate surface area is 97.8 Å². The molecule has 0 radical (unpaired) electrons. The van der Waals surface area contributed by atoms with Crippen LogP contribution in [-0.2, 0) is 6.42 Å². The maximum Gasteiger partial charge on any atom is 0.269 e. The van der Waals surface area contributed by atoms with Crippen molar-refractivity contribution < 1.29 is 4.92 Å². The summed E-state index contributed by atoms with van der Waals surface area (Å²) in [5.41, 5.74) is 7.21. The van der Waals surface area contributed by atoms with Crippen LogP contribution in [0.25, 0.3) is 5.69 Å². The molecule has 0 aliphatic rings. The van der Waals surface area contributed by atoms with Crippen LogP contribution in [0.1, 0.15) is 5.69 Å². The van der Waals surface area contributed by atoms with Gasteiger partial charge in [-0.25, -0.2) is 4.68 Å². The van der Waals surface area contributed by atoms with Gasteiger partial charge < -0.3 is 5.73 Å². The van der Waals surface area contributed by atoms with E-state index in [0.717, 1.165) is 17.8 Å². The molecule has 0 aliphatic carbocycles. The predicted molar refractivity (Wildman–Crippen MR) is 63.0 cm³/mol. The van der Waals surface area contributed by atoms with Gasteiger partial charge in [0, 0.05) is 24.8 Å². The summed E-state index contributed by atoms with van der Waals surface area (Å²) in [7, 11) is 0. The van der Waals surface area contributed by atoms with E-state index in [-0.39, 0.29) is 5.69 Å². The Morgan fingerprint density at radius 2 is 2.00 bits per heavy atom. The fourth-order valence-electron chi connectivity index (χ4n) is 1.51. The first-order chi connectivity index (χ1) is 8.20. The first-order valence-corrected chi connectivity index (χ1v) is 5.20. The lowest BCUT2D eigenvalue weighted by molar-refractivity contribution is -0.384. The third-order valence-corrected chi connectivity index (χ3v) is 2.37. The van der Waals surface area contributed by atoms with E-state index >= 15 is 0 Å². The minimum absolute atomic E-state index is 0.0723. The van der Waals surface area contributed by atoms with Crippen LogP contribution in [0.5, 0.6) is 0 Å². The van der Waals surface area contributed by atoms with Crippen molar-refractivity contribution >= 4 is 5.69 Å². The van der Waals surface area contributed by atoms with Gasteiger partial charge in [-0.05, 0) is 24.7 Å². The van der Waals surface area contributed by atoms with Crippen molar-refractivity contribution in [1.82, 2.24) is 9.78 Å². The topological polar surface area (TPSA) is 87.0 Å². The van der Waals surface area contributed by atoms with Crippen molar-refractivity contribution in [3.63, 3.8) is 0 Å². The number of nitro benzene ring substituents is 1. The molecule has 1 aromatic carbocycles. The fourth-order valence-corrected chi connectivity index (χ4v) is 1.51. The smallest absolute Gasteiger partial charge is 0.269 e. The molecule has 0 fully saturated rings. The number of nitro groups is 1. The summed E-state index contributed by atoms with van der Waals surface area (Å²) in [4.78, 5) is 10.1. The van der Waals surface area contributed by atoms with Gasteiger partial charge >= 0.3 is 0 Å². The minimum atomic E-state index is -0.424. The molecule has 0 amide bonds. The molecule has 0 aliphatic heterocycles. The second-order valence-electron chi connectivity index (χ2n) is 3.56. The maximum absolute atomic E-state index is 10.5. The Hall–Kier alpha value is -2.21. The molecule has 6 nitrogen and oxygen atoms in total. The first kappa shape index (κ1) is 11.3. The number of nitrogens with zero attached hydrogens (tertiary/aromatic N) is 3.